The van der Waals surface area contributed by atoms with Gasteiger partial charge in [0.05, 0.1) is 6.21 Å². The van der Waals surface area contributed by atoms with Crippen molar-refractivity contribution < 1.29 is 14.3 Å². The van der Waals surface area contributed by atoms with E-state index in [1.165, 1.54) is 0 Å². The van der Waals surface area contributed by atoms with Crippen molar-refractivity contribution in [2.75, 3.05) is 5.32 Å². The smallest absolute Gasteiger partial charge is 0.249 e. The largest absolute Gasteiger partial charge is 0.488 e. The average Bonchev–Trinajstić information content (AvgIpc) is 2.85. The van der Waals surface area contributed by atoms with E-state index in [4.69, 9.17) is 4.74 Å². The van der Waals surface area contributed by atoms with Gasteiger partial charge in [0.2, 0.25) is 11.8 Å². The third kappa shape index (κ3) is 6.32. The van der Waals surface area contributed by atoms with Crippen LogP contribution < -0.4 is 15.5 Å². The summed E-state index contributed by atoms with van der Waals surface area (Å²) >= 11 is 0. The van der Waals surface area contributed by atoms with Crippen molar-refractivity contribution in [1.29, 1.82) is 0 Å². The number of hydrogen-bond acceptors (Lipinski definition) is 4. The first kappa shape index (κ1) is 23.7. The molecule has 0 saturated carbocycles. The predicted molar refractivity (Wildman–Crippen MR) is 140 cm³/mol. The second-order valence-electron chi connectivity index (χ2n) is 8.31. The Morgan fingerprint density at radius 2 is 1.66 bits per heavy atom. The van der Waals surface area contributed by atoms with Crippen molar-refractivity contribution in [1.82, 2.24) is 5.43 Å². The number of aryl methyl sites for hydroxylation is 2. The van der Waals surface area contributed by atoms with Crippen LogP contribution in [0, 0.1) is 13.8 Å². The van der Waals surface area contributed by atoms with Gasteiger partial charge in [-0.1, -0.05) is 78.4 Å². The van der Waals surface area contributed by atoms with Crippen LogP contribution in [0.25, 0.3) is 10.8 Å². The van der Waals surface area contributed by atoms with E-state index in [1.807, 2.05) is 98.8 Å². The molecule has 4 aromatic rings. The maximum atomic E-state index is 12.3. The number of nitrogens with zero attached hydrogens (tertiary/aromatic N) is 1. The highest BCUT2D eigenvalue weighted by molar-refractivity contribution is 6.05. The number of rotatable bonds is 8. The third-order valence-corrected chi connectivity index (χ3v) is 5.53. The molecule has 0 aliphatic carbocycles. The minimum Gasteiger partial charge on any atom is -0.488 e. The molecule has 0 aliphatic heterocycles. The fourth-order valence-corrected chi connectivity index (χ4v) is 3.77. The summed E-state index contributed by atoms with van der Waals surface area (Å²) < 4.78 is 6.07. The van der Waals surface area contributed by atoms with Crippen molar-refractivity contribution in [3.05, 3.63) is 107 Å². The zero-order valence-electron chi connectivity index (χ0n) is 19.7. The first-order valence-corrected chi connectivity index (χ1v) is 11.4. The number of fused-ring (bicyclic) bond motifs is 1. The van der Waals surface area contributed by atoms with Crippen molar-refractivity contribution in [3.8, 4) is 5.75 Å². The quantitative estimate of drug-likeness (QED) is 0.204. The molecule has 2 N–H and O–H groups in total. The third-order valence-electron chi connectivity index (χ3n) is 5.53. The van der Waals surface area contributed by atoms with E-state index in [-0.39, 0.29) is 6.42 Å². The maximum Gasteiger partial charge on any atom is 0.249 e. The van der Waals surface area contributed by atoms with Crippen molar-refractivity contribution in [2.45, 2.75) is 26.9 Å². The molecule has 0 radical (unpaired) electrons. The summed E-state index contributed by atoms with van der Waals surface area (Å²) in [4.78, 5) is 24.6. The molecule has 0 aliphatic rings. The summed E-state index contributed by atoms with van der Waals surface area (Å²) in [6, 6.07) is 27.4. The predicted octanol–water partition coefficient (Wildman–Crippen LogP) is 5.51. The molecule has 0 aromatic heterocycles. The van der Waals surface area contributed by atoms with Crippen LogP contribution in [-0.2, 0) is 16.2 Å². The van der Waals surface area contributed by atoms with Gasteiger partial charge in [-0.25, -0.2) is 5.43 Å². The Hall–Kier alpha value is -4.45. The number of carbonyl (C=O) groups excluding carboxylic acids is 2. The fourth-order valence-electron chi connectivity index (χ4n) is 3.77. The van der Waals surface area contributed by atoms with Gasteiger partial charge in [-0.2, -0.15) is 5.10 Å². The van der Waals surface area contributed by atoms with Crippen LogP contribution in [0.2, 0.25) is 0 Å². The Balaban J connectivity index is 1.43. The number of amides is 2. The standard InChI is InChI=1S/C29H27N3O3/c1-20-12-14-26(21(2)16-20)31-28(33)17-29(34)32-30-18-25-24-11-7-6-10-23(24)13-15-27(25)35-19-22-8-4-3-5-9-22/h3-16,18H,17,19H2,1-2H3,(H,31,33)(H,32,34). The Morgan fingerprint density at radius 3 is 2.46 bits per heavy atom. The Kier molecular flexibility index (Phi) is 7.53. The Morgan fingerprint density at radius 1 is 0.886 bits per heavy atom. The summed E-state index contributed by atoms with van der Waals surface area (Å²) in [6.45, 7) is 4.30. The molecular formula is C29H27N3O3. The van der Waals surface area contributed by atoms with Gasteiger partial charge in [0.1, 0.15) is 18.8 Å². The normalized spacial score (nSPS) is 10.9. The number of carbonyl (C=O) groups is 2. The van der Waals surface area contributed by atoms with Crippen molar-refractivity contribution in [3.63, 3.8) is 0 Å². The molecule has 0 bridgehead atoms. The first-order valence-electron chi connectivity index (χ1n) is 11.4. The molecule has 0 heterocycles. The van der Waals surface area contributed by atoms with Crippen LogP contribution in [0.4, 0.5) is 5.69 Å². The molecule has 2 amide bonds. The Labute approximate surface area is 204 Å². The topological polar surface area (TPSA) is 79.8 Å². The minimum absolute atomic E-state index is 0.336. The SMILES string of the molecule is Cc1ccc(NC(=O)CC(=O)NN=Cc2c(OCc3ccccc3)ccc3ccccc23)c(C)c1. The molecule has 4 aromatic carbocycles. The van der Waals surface area contributed by atoms with Crippen LogP contribution >= 0.6 is 0 Å². The van der Waals surface area contributed by atoms with Gasteiger partial charge in [-0.15, -0.1) is 0 Å². The molecule has 6 heteroatoms. The highest BCUT2D eigenvalue weighted by Gasteiger charge is 2.11. The molecule has 0 atom stereocenters. The van der Waals surface area contributed by atoms with Crippen LogP contribution in [0.1, 0.15) is 28.7 Å². The van der Waals surface area contributed by atoms with E-state index in [0.29, 0.717) is 18.0 Å². The zero-order chi connectivity index (χ0) is 24.6. The monoisotopic (exact) mass is 465 g/mol. The number of anilines is 1. The lowest BCUT2D eigenvalue weighted by molar-refractivity contribution is -0.126. The molecule has 4 rings (SSSR count). The number of ether oxygens (including phenoxy) is 1. The number of benzene rings is 4. The lowest BCUT2D eigenvalue weighted by atomic mass is 10.0. The van der Waals surface area contributed by atoms with Crippen molar-refractivity contribution in [2.24, 2.45) is 5.10 Å². The zero-order valence-corrected chi connectivity index (χ0v) is 19.7. The number of hydrogen-bond donors (Lipinski definition) is 2. The minimum atomic E-state index is -0.504. The number of nitrogens with one attached hydrogen (secondary N) is 2. The summed E-state index contributed by atoms with van der Waals surface area (Å²) in [5, 5.41) is 8.86. The molecule has 35 heavy (non-hydrogen) atoms. The summed E-state index contributed by atoms with van der Waals surface area (Å²) in [5.74, 6) is -0.254. The molecule has 0 saturated heterocycles. The van der Waals surface area contributed by atoms with E-state index in [1.54, 1.807) is 6.21 Å². The Bertz CT molecular complexity index is 1380. The van der Waals surface area contributed by atoms with Crippen LogP contribution in [-0.4, -0.2) is 18.0 Å². The maximum absolute atomic E-state index is 12.3. The van der Waals surface area contributed by atoms with E-state index in [2.05, 4.69) is 15.8 Å². The van der Waals surface area contributed by atoms with Gasteiger partial charge in [-0.3, -0.25) is 9.59 Å². The molecule has 0 unspecified atom stereocenters. The highest BCUT2D eigenvalue weighted by atomic mass is 16.5. The van der Waals surface area contributed by atoms with E-state index < -0.39 is 11.8 Å². The number of hydrazone groups is 1. The highest BCUT2D eigenvalue weighted by Crippen LogP contribution is 2.27. The van der Waals surface area contributed by atoms with Crippen molar-refractivity contribution >= 4 is 34.5 Å². The van der Waals surface area contributed by atoms with Gasteiger partial charge in [0.15, 0.2) is 0 Å². The molecular weight excluding hydrogens is 438 g/mol. The molecule has 0 fully saturated rings. The van der Waals surface area contributed by atoms with Crippen LogP contribution in [0.5, 0.6) is 5.75 Å². The summed E-state index contributed by atoms with van der Waals surface area (Å²) in [6.07, 6.45) is 1.22. The summed E-state index contributed by atoms with van der Waals surface area (Å²) in [7, 11) is 0. The molecule has 0 spiro atoms. The van der Waals surface area contributed by atoms with Crippen LogP contribution in [0.3, 0.4) is 0 Å². The van der Waals surface area contributed by atoms with E-state index in [0.717, 1.165) is 33.0 Å². The van der Waals surface area contributed by atoms with Gasteiger partial charge in [-0.05, 0) is 47.9 Å². The first-order chi connectivity index (χ1) is 17.0. The molecule has 6 nitrogen and oxygen atoms in total. The second-order valence-corrected chi connectivity index (χ2v) is 8.31. The fraction of sp³-hybridized carbons (Fsp3) is 0.138. The van der Waals surface area contributed by atoms with Crippen LogP contribution in [0.15, 0.2) is 90.0 Å². The van der Waals surface area contributed by atoms with Gasteiger partial charge in [0.25, 0.3) is 0 Å². The van der Waals surface area contributed by atoms with E-state index >= 15 is 0 Å². The lowest BCUT2D eigenvalue weighted by Gasteiger charge is -2.12. The van der Waals surface area contributed by atoms with Gasteiger partial charge in [0, 0.05) is 11.3 Å². The van der Waals surface area contributed by atoms with E-state index in [9.17, 15) is 9.59 Å². The lowest BCUT2D eigenvalue weighted by Crippen LogP contribution is -2.25. The summed E-state index contributed by atoms with van der Waals surface area (Å²) in [5.41, 5.74) is 6.98. The van der Waals surface area contributed by atoms with Gasteiger partial charge >= 0.3 is 0 Å². The average molecular weight is 466 g/mol. The van der Waals surface area contributed by atoms with Gasteiger partial charge < -0.3 is 10.1 Å². The molecule has 176 valence electrons. The second kappa shape index (κ2) is 11.1.